The molecule has 0 aliphatic heterocycles. The Labute approximate surface area is 162 Å². The molecule has 3 aromatic rings. The fraction of sp³-hybridized carbons (Fsp3) is 0.118. The topological polar surface area (TPSA) is 88.1 Å². The van der Waals surface area contributed by atoms with Crippen LogP contribution in [0.15, 0.2) is 47.1 Å². The van der Waals surface area contributed by atoms with Gasteiger partial charge in [-0.2, -0.15) is 0 Å². The Bertz CT molecular complexity index is 958. The molecule has 132 valence electrons. The fourth-order valence-electron chi connectivity index (χ4n) is 2.15. The Morgan fingerprint density at radius 1 is 1.15 bits per heavy atom. The van der Waals surface area contributed by atoms with Crippen LogP contribution < -0.4 is 10.2 Å². The first-order valence-electron chi connectivity index (χ1n) is 7.55. The van der Waals surface area contributed by atoms with Gasteiger partial charge in [0.2, 0.25) is 11.0 Å². The molecule has 1 aromatic carbocycles. The van der Waals surface area contributed by atoms with Gasteiger partial charge in [-0.05, 0) is 24.3 Å². The van der Waals surface area contributed by atoms with Crippen molar-refractivity contribution in [1.29, 1.82) is 0 Å². The minimum atomic E-state index is -0.266. The molecule has 3 rings (SSSR count). The van der Waals surface area contributed by atoms with Crippen molar-refractivity contribution in [1.82, 2.24) is 15.2 Å². The smallest absolute Gasteiger partial charge is 0.260 e. The summed E-state index contributed by atoms with van der Waals surface area (Å²) in [4.78, 5) is 29.3. The minimum Gasteiger partial charge on any atom is -0.311 e. The number of amides is 2. The molecule has 0 aliphatic rings. The lowest BCUT2D eigenvalue weighted by Crippen LogP contribution is -2.26. The van der Waals surface area contributed by atoms with Crippen molar-refractivity contribution in [2.24, 2.45) is 0 Å². The highest BCUT2D eigenvalue weighted by Gasteiger charge is 2.19. The molecule has 0 spiro atoms. The number of nitrogens with zero attached hydrogens (tertiary/aromatic N) is 4. The lowest BCUT2D eigenvalue weighted by Gasteiger charge is -2.13. The van der Waals surface area contributed by atoms with Crippen molar-refractivity contribution in [3.8, 4) is 10.6 Å². The number of anilines is 2. The number of hydrogen-bond acceptors (Lipinski definition) is 6. The van der Waals surface area contributed by atoms with Gasteiger partial charge in [-0.15, -0.1) is 10.2 Å². The first-order chi connectivity index (χ1) is 12.4. The summed E-state index contributed by atoms with van der Waals surface area (Å²) in [5, 5.41) is 12.0. The lowest BCUT2D eigenvalue weighted by atomic mass is 10.2. The van der Waals surface area contributed by atoms with E-state index in [2.05, 4.69) is 36.4 Å². The van der Waals surface area contributed by atoms with Crippen molar-refractivity contribution >= 4 is 50.0 Å². The monoisotopic (exact) mass is 431 g/mol. The highest BCUT2D eigenvalue weighted by atomic mass is 79.9. The second-order valence-electron chi connectivity index (χ2n) is 5.37. The van der Waals surface area contributed by atoms with Gasteiger partial charge in [0.05, 0.1) is 0 Å². The van der Waals surface area contributed by atoms with E-state index in [0.29, 0.717) is 16.5 Å². The standard InChI is InChI=1S/C17H14BrN5O2S/c1-10(24)20-14-9-12(7-8-19-14)16(25)23(2)17-22-21-15(26-17)11-3-5-13(18)6-4-11/h3-9H,1-2H3,(H,19,20,24). The first-order valence-corrected chi connectivity index (χ1v) is 9.16. The first kappa shape index (κ1) is 18.2. The number of benzene rings is 1. The van der Waals surface area contributed by atoms with Crippen molar-refractivity contribution in [3.63, 3.8) is 0 Å². The molecule has 0 saturated carbocycles. The molecule has 0 bridgehead atoms. The van der Waals surface area contributed by atoms with Crippen LogP contribution in [0, 0.1) is 0 Å². The average Bonchev–Trinajstić information content (AvgIpc) is 3.11. The number of hydrogen-bond donors (Lipinski definition) is 1. The van der Waals surface area contributed by atoms with Gasteiger partial charge in [0.1, 0.15) is 10.8 Å². The zero-order valence-corrected chi connectivity index (χ0v) is 16.3. The number of nitrogens with one attached hydrogen (secondary N) is 1. The van der Waals surface area contributed by atoms with E-state index in [9.17, 15) is 9.59 Å². The summed E-state index contributed by atoms with van der Waals surface area (Å²) in [6.45, 7) is 1.38. The van der Waals surface area contributed by atoms with Crippen LogP contribution in [0.3, 0.4) is 0 Å². The third kappa shape index (κ3) is 4.12. The number of carbonyl (C=O) groups excluding carboxylic acids is 2. The molecule has 0 unspecified atom stereocenters. The average molecular weight is 432 g/mol. The molecule has 1 N–H and O–H groups in total. The number of halogens is 1. The summed E-state index contributed by atoms with van der Waals surface area (Å²) < 4.78 is 0.978. The Morgan fingerprint density at radius 2 is 1.88 bits per heavy atom. The molecule has 2 aromatic heterocycles. The maximum absolute atomic E-state index is 12.7. The molecule has 2 heterocycles. The fourth-order valence-corrected chi connectivity index (χ4v) is 3.23. The zero-order chi connectivity index (χ0) is 18.7. The molecule has 0 saturated heterocycles. The number of rotatable bonds is 4. The van der Waals surface area contributed by atoms with Crippen LogP contribution in [0.1, 0.15) is 17.3 Å². The molecule has 0 aliphatic carbocycles. The highest BCUT2D eigenvalue weighted by molar-refractivity contribution is 9.10. The highest BCUT2D eigenvalue weighted by Crippen LogP contribution is 2.29. The summed E-state index contributed by atoms with van der Waals surface area (Å²) in [6.07, 6.45) is 1.47. The van der Waals surface area contributed by atoms with Crippen molar-refractivity contribution in [3.05, 3.63) is 52.6 Å². The molecule has 0 fully saturated rings. The molecule has 2 amide bonds. The molecule has 0 radical (unpaired) electrons. The van der Waals surface area contributed by atoms with Crippen molar-refractivity contribution in [2.75, 3.05) is 17.3 Å². The Morgan fingerprint density at radius 3 is 2.58 bits per heavy atom. The zero-order valence-electron chi connectivity index (χ0n) is 13.9. The van der Waals surface area contributed by atoms with Gasteiger partial charge in [0.25, 0.3) is 5.91 Å². The van der Waals surface area contributed by atoms with Crippen molar-refractivity contribution < 1.29 is 9.59 Å². The summed E-state index contributed by atoms with van der Waals surface area (Å²) in [6, 6.07) is 10.8. The van der Waals surface area contributed by atoms with Gasteiger partial charge in [-0.1, -0.05) is 39.4 Å². The Kier molecular flexibility index (Phi) is 5.38. The van der Waals surface area contributed by atoms with Crippen LogP contribution in [-0.2, 0) is 4.79 Å². The van der Waals surface area contributed by atoms with E-state index in [1.807, 2.05) is 24.3 Å². The minimum absolute atomic E-state index is 0.251. The normalized spacial score (nSPS) is 10.4. The molecule has 26 heavy (non-hydrogen) atoms. The van der Waals surface area contributed by atoms with E-state index in [4.69, 9.17) is 0 Å². The van der Waals surface area contributed by atoms with Gasteiger partial charge in [0, 0.05) is 35.8 Å². The maximum Gasteiger partial charge on any atom is 0.260 e. The number of pyridine rings is 1. The third-order valence-corrected chi connectivity index (χ3v) is 4.99. The van der Waals surface area contributed by atoms with Crippen LogP contribution in [0.25, 0.3) is 10.6 Å². The van der Waals surface area contributed by atoms with Crippen LogP contribution >= 0.6 is 27.3 Å². The summed E-state index contributed by atoms with van der Waals surface area (Å²) in [7, 11) is 1.63. The summed E-state index contributed by atoms with van der Waals surface area (Å²) >= 11 is 4.72. The van der Waals surface area contributed by atoms with Crippen LogP contribution in [-0.4, -0.2) is 34.0 Å². The SMILES string of the molecule is CC(=O)Nc1cc(C(=O)N(C)c2nnc(-c3ccc(Br)cc3)s2)ccn1. The Hall–Kier alpha value is -2.65. The lowest BCUT2D eigenvalue weighted by molar-refractivity contribution is -0.114. The predicted molar refractivity (Wildman–Crippen MR) is 104 cm³/mol. The van der Waals surface area contributed by atoms with Crippen LogP contribution in [0.2, 0.25) is 0 Å². The molecular weight excluding hydrogens is 418 g/mol. The van der Waals surface area contributed by atoms with Gasteiger partial charge >= 0.3 is 0 Å². The summed E-state index contributed by atoms with van der Waals surface area (Å²) in [5.41, 5.74) is 1.32. The van der Waals surface area contributed by atoms with E-state index in [1.54, 1.807) is 13.1 Å². The quantitative estimate of drug-likeness (QED) is 0.681. The molecule has 9 heteroatoms. The van der Waals surface area contributed by atoms with E-state index >= 15 is 0 Å². The van der Waals surface area contributed by atoms with Gasteiger partial charge in [-0.25, -0.2) is 4.98 Å². The third-order valence-electron chi connectivity index (χ3n) is 3.41. The maximum atomic E-state index is 12.7. The number of carbonyl (C=O) groups is 2. The second kappa shape index (κ2) is 7.71. The van der Waals surface area contributed by atoms with Gasteiger partial charge in [-0.3, -0.25) is 14.5 Å². The largest absolute Gasteiger partial charge is 0.311 e. The number of aromatic nitrogens is 3. The van der Waals surface area contributed by atoms with Crippen LogP contribution in [0.5, 0.6) is 0 Å². The molecular formula is C17H14BrN5O2S. The second-order valence-corrected chi connectivity index (χ2v) is 7.24. The Balaban J connectivity index is 1.81. The van der Waals surface area contributed by atoms with E-state index in [-0.39, 0.29) is 11.8 Å². The van der Waals surface area contributed by atoms with E-state index < -0.39 is 0 Å². The van der Waals surface area contributed by atoms with Gasteiger partial charge in [0.15, 0.2) is 0 Å². The predicted octanol–water partition coefficient (Wildman–Crippen LogP) is 3.60. The van der Waals surface area contributed by atoms with Gasteiger partial charge < -0.3 is 5.32 Å². The molecule has 7 nitrogen and oxygen atoms in total. The van der Waals surface area contributed by atoms with E-state index in [1.165, 1.54) is 35.4 Å². The van der Waals surface area contributed by atoms with Crippen molar-refractivity contribution in [2.45, 2.75) is 6.92 Å². The summed E-state index contributed by atoms with van der Waals surface area (Å²) in [5.74, 6) is -0.194. The molecule has 0 atom stereocenters. The van der Waals surface area contributed by atoms with E-state index in [0.717, 1.165) is 15.0 Å². The van der Waals surface area contributed by atoms with Crippen LogP contribution in [0.4, 0.5) is 10.9 Å².